The lowest BCUT2D eigenvalue weighted by molar-refractivity contribution is 0.580. The summed E-state index contributed by atoms with van der Waals surface area (Å²) < 4.78 is 0. The van der Waals surface area contributed by atoms with E-state index in [2.05, 4.69) is 76.2 Å². The maximum Gasteiger partial charge on any atom is 0.0355 e. The molecule has 2 heteroatoms. The molecule has 0 saturated heterocycles. The highest BCUT2D eigenvalue weighted by molar-refractivity contribution is 5.60. The molecule has 0 aliphatic heterocycles. The molecule has 3 aromatic carbocycles. The van der Waals surface area contributed by atoms with Crippen molar-refractivity contribution in [2.75, 3.05) is 11.5 Å². The third-order valence-corrected chi connectivity index (χ3v) is 5.54. The Labute approximate surface area is 156 Å². The quantitative estimate of drug-likeness (QED) is 0.614. The van der Waals surface area contributed by atoms with Gasteiger partial charge in [-0.15, -0.1) is 0 Å². The number of nitrogen functional groups attached to an aromatic ring is 2. The topological polar surface area (TPSA) is 52.0 Å². The SMILES string of the molecule is CC(C)(c1ccccc1N)c1ccccc1C(C)(C)c1ccccc1N. The summed E-state index contributed by atoms with van der Waals surface area (Å²) >= 11 is 0. The first-order valence-electron chi connectivity index (χ1n) is 9.06. The molecule has 0 aliphatic rings. The Morgan fingerprint density at radius 2 is 0.731 bits per heavy atom. The zero-order valence-electron chi connectivity index (χ0n) is 16.1. The third kappa shape index (κ3) is 2.96. The zero-order chi connectivity index (χ0) is 18.9. The van der Waals surface area contributed by atoms with Crippen LogP contribution in [0.5, 0.6) is 0 Å². The van der Waals surface area contributed by atoms with E-state index < -0.39 is 0 Å². The Morgan fingerprint density at radius 1 is 0.462 bits per heavy atom. The van der Waals surface area contributed by atoms with E-state index in [-0.39, 0.29) is 10.8 Å². The average Bonchev–Trinajstić information content (AvgIpc) is 2.62. The van der Waals surface area contributed by atoms with E-state index in [1.165, 1.54) is 11.1 Å². The molecule has 3 aromatic rings. The van der Waals surface area contributed by atoms with E-state index in [9.17, 15) is 0 Å². The molecule has 0 saturated carbocycles. The highest BCUT2D eigenvalue weighted by Gasteiger charge is 2.34. The molecular weight excluding hydrogens is 316 g/mol. The fourth-order valence-electron chi connectivity index (χ4n) is 4.00. The van der Waals surface area contributed by atoms with Crippen molar-refractivity contribution in [3.63, 3.8) is 0 Å². The fourth-order valence-corrected chi connectivity index (χ4v) is 4.00. The van der Waals surface area contributed by atoms with Gasteiger partial charge in [0.25, 0.3) is 0 Å². The predicted molar refractivity (Wildman–Crippen MR) is 112 cm³/mol. The second-order valence-electron chi connectivity index (χ2n) is 7.97. The van der Waals surface area contributed by atoms with E-state index in [1.807, 2.05) is 24.3 Å². The van der Waals surface area contributed by atoms with Crippen LogP contribution in [-0.2, 0) is 10.8 Å². The molecule has 0 aliphatic carbocycles. The fraction of sp³-hybridized carbons (Fsp3) is 0.250. The van der Waals surface area contributed by atoms with Gasteiger partial charge in [0.15, 0.2) is 0 Å². The Hall–Kier alpha value is -2.74. The summed E-state index contributed by atoms with van der Waals surface area (Å²) in [5.74, 6) is 0. The van der Waals surface area contributed by atoms with Gasteiger partial charge in [0, 0.05) is 22.2 Å². The normalized spacial score (nSPS) is 12.2. The van der Waals surface area contributed by atoms with E-state index in [0.29, 0.717) is 0 Å². The number of rotatable bonds is 4. The Balaban J connectivity index is 2.21. The van der Waals surface area contributed by atoms with Crippen molar-refractivity contribution in [3.05, 3.63) is 95.1 Å². The van der Waals surface area contributed by atoms with Gasteiger partial charge in [-0.05, 0) is 34.4 Å². The summed E-state index contributed by atoms with van der Waals surface area (Å²) in [7, 11) is 0. The first-order chi connectivity index (χ1) is 12.3. The smallest absolute Gasteiger partial charge is 0.0355 e. The van der Waals surface area contributed by atoms with Gasteiger partial charge in [0.05, 0.1) is 0 Å². The van der Waals surface area contributed by atoms with Crippen LogP contribution < -0.4 is 11.5 Å². The van der Waals surface area contributed by atoms with Gasteiger partial charge in [-0.1, -0.05) is 88.4 Å². The number of anilines is 2. The van der Waals surface area contributed by atoms with E-state index >= 15 is 0 Å². The molecule has 2 nitrogen and oxygen atoms in total. The number of benzene rings is 3. The van der Waals surface area contributed by atoms with Crippen LogP contribution in [0.3, 0.4) is 0 Å². The molecule has 26 heavy (non-hydrogen) atoms. The second kappa shape index (κ2) is 6.53. The highest BCUT2D eigenvalue weighted by Crippen LogP contribution is 2.43. The minimum absolute atomic E-state index is 0.219. The van der Waals surface area contributed by atoms with Gasteiger partial charge in [0.1, 0.15) is 0 Å². The number of nitrogens with two attached hydrogens (primary N) is 2. The van der Waals surface area contributed by atoms with Crippen LogP contribution in [0.1, 0.15) is 49.9 Å². The lowest BCUT2D eigenvalue weighted by Crippen LogP contribution is -2.29. The van der Waals surface area contributed by atoms with Crippen LogP contribution in [-0.4, -0.2) is 0 Å². The Morgan fingerprint density at radius 3 is 1.04 bits per heavy atom. The molecule has 0 unspecified atom stereocenters. The summed E-state index contributed by atoms with van der Waals surface area (Å²) in [5, 5.41) is 0. The third-order valence-electron chi connectivity index (χ3n) is 5.54. The molecule has 0 spiro atoms. The van der Waals surface area contributed by atoms with Crippen molar-refractivity contribution >= 4 is 11.4 Å². The lowest BCUT2D eigenvalue weighted by atomic mass is 9.68. The molecule has 0 aromatic heterocycles. The van der Waals surface area contributed by atoms with Crippen LogP contribution >= 0.6 is 0 Å². The maximum atomic E-state index is 6.32. The molecule has 0 amide bonds. The molecule has 3 rings (SSSR count). The van der Waals surface area contributed by atoms with Crippen molar-refractivity contribution in [1.29, 1.82) is 0 Å². The average molecular weight is 345 g/mol. The van der Waals surface area contributed by atoms with Crippen LogP contribution in [0.4, 0.5) is 11.4 Å². The number of hydrogen-bond donors (Lipinski definition) is 2. The monoisotopic (exact) mass is 344 g/mol. The zero-order valence-corrected chi connectivity index (χ0v) is 16.1. The van der Waals surface area contributed by atoms with Crippen molar-refractivity contribution in [1.82, 2.24) is 0 Å². The summed E-state index contributed by atoms with van der Waals surface area (Å²) in [6.07, 6.45) is 0. The summed E-state index contributed by atoms with van der Waals surface area (Å²) in [6, 6.07) is 24.9. The molecule has 4 N–H and O–H groups in total. The van der Waals surface area contributed by atoms with Crippen molar-refractivity contribution in [2.45, 2.75) is 38.5 Å². The molecule has 0 atom stereocenters. The van der Waals surface area contributed by atoms with Crippen LogP contribution in [0.2, 0.25) is 0 Å². The maximum absolute atomic E-state index is 6.32. The minimum Gasteiger partial charge on any atom is -0.398 e. The van der Waals surface area contributed by atoms with Gasteiger partial charge in [-0.25, -0.2) is 0 Å². The van der Waals surface area contributed by atoms with Crippen molar-refractivity contribution in [3.8, 4) is 0 Å². The minimum atomic E-state index is -0.219. The molecule has 134 valence electrons. The van der Waals surface area contributed by atoms with Gasteiger partial charge in [-0.2, -0.15) is 0 Å². The molecule has 0 heterocycles. The largest absolute Gasteiger partial charge is 0.398 e. The van der Waals surface area contributed by atoms with Gasteiger partial charge in [-0.3, -0.25) is 0 Å². The molecule has 0 radical (unpaired) electrons. The van der Waals surface area contributed by atoms with E-state index in [1.54, 1.807) is 0 Å². The standard InChI is InChI=1S/C24H28N2/c1-23(2,19-13-7-9-15-21(19)25)17-11-5-6-12-18(17)24(3,4)20-14-8-10-16-22(20)26/h5-16H,25-26H2,1-4H3. The Kier molecular flexibility index (Phi) is 4.53. The summed E-state index contributed by atoms with van der Waals surface area (Å²) in [4.78, 5) is 0. The first-order valence-corrected chi connectivity index (χ1v) is 9.06. The summed E-state index contributed by atoms with van der Waals surface area (Å²) in [5.41, 5.74) is 18.7. The van der Waals surface area contributed by atoms with Crippen LogP contribution in [0.25, 0.3) is 0 Å². The van der Waals surface area contributed by atoms with Gasteiger partial charge >= 0.3 is 0 Å². The highest BCUT2D eigenvalue weighted by atomic mass is 14.6. The molecular formula is C24H28N2. The number of hydrogen-bond acceptors (Lipinski definition) is 2. The molecule has 0 fully saturated rings. The van der Waals surface area contributed by atoms with Crippen molar-refractivity contribution < 1.29 is 0 Å². The van der Waals surface area contributed by atoms with E-state index in [0.717, 1.165) is 22.5 Å². The Bertz CT molecular complexity index is 846. The second-order valence-corrected chi connectivity index (χ2v) is 7.97. The predicted octanol–water partition coefficient (Wildman–Crippen LogP) is 5.50. The van der Waals surface area contributed by atoms with Gasteiger partial charge in [0.2, 0.25) is 0 Å². The van der Waals surface area contributed by atoms with Crippen molar-refractivity contribution in [2.24, 2.45) is 0 Å². The van der Waals surface area contributed by atoms with E-state index in [4.69, 9.17) is 11.5 Å². The summed E-state index contributed by atoms with van der Waals surface area (Å²) in [6.45, 7) is 8.95. The first kappa shape index (κ1) is 18.1. The number of para-hydroxylation sites is 2. The molecule has 0 bridgehead atoms. The van der Waals surface area contributed by atoms with Gasteiger partial charge < -0.3 is 11.5 Å². The lowest BCUT2D eigenvalue weighted by Gasteiger charge is -2.36. The van der Waals surface area contributed by atoms with Crippen LogP contribution in [0, 0.1) is 0 Å². The van der Waals surface area contributed by atoms with Crippen LogP contribution in [0.15, 0.2) is 72.8 Å².